The summed E-state index contributed by atoms with van der Waals surface area (Å²) in [5.74, 6) is -6.61. The van der Waals surface area contributed by atoms with Crippen LogP contribution in [-0.2, 0) is 19.2 Å². The number of hydrogen-bond acceptors (Lipinski definition) is 10. The number of aliphatic carboxylic acids is 4. The molecule has 14 nitrogen and oxygen atoms in total. The van der Waals surface area contributed by atoms with Crippen molar-refractivity contribution >= 4 is 23.9 Å². The van der Waals surface area contributed by atoms with Crippen LogP contribution in [0.1, 0.15) is 12.8 Å². The molecule has 14 heteroatoms. The van der Waals surface area contributed by atoms with E-state index in [1.807, 2.05) is 0 Å². The highest BCUT2D eigenvalue weighted by molar-refractivity contribution is 5.73. The molecule has 0 radical (unpaired) electrons. The lowest BCUT2D eigenvalue weighted by molar-refractivity contribution is -0.151. The molecule has 0 saturated carbocycles. The molecule has 0 spiro atoms. The Morgan fingerprint density at radius 1 is 0.643 bits per heavy atom. The first-order valence-electron chi connectivity index (χ1n) is 7.90. The quantitative estimate of drug-likeness (QED) is 0.122. The average Bonchev–Trinajstić information content (AvgIpc) is 2.58. The molecule has 0 bridgehead atoms. The Balaban J connectivity index is 5.59. The van der Waals surface area contributed by atoms with E-state index in [0.29, 0.717) is 0 Å². The van der Waals surface area contributed by atoms with Crippen molar-refractivity contribution in [2.45, 2.75) is 42.8 Å². The third kappa shape index (κ3) is 9.03. The highest BCUT2D eigenvalue weighted by atomic mass is 16.4. The number of carbonyl (C=O) groups is 4. The van der Waals surface area contributed by atoms with E-state index in [0.717, 1.165) is 0 Å². The second-order valence-electron chi connectivity index (χ2n) is 6.12. The number of carboxylic acids is 4. The molecule has 0 aromatic rings. The van der Waals surface area contributed by atoms with E-state index in [-0.39, 0.29) is 0 Å². The van der Waals surface area contributed by atoms with Gasteiger partial charge in [-0.1, -0.05) is 0 Å². The van der Waals surface area contributed by atoms with Crippen molar-refractivity contribution in [3.05, 3.63) is 0 Å². The van der Waals surface area contributed by atoms with Gasteiger partial charge in [-0.25, -0.2) is 19.2 Å². The van der Waals surface area contributed by atoms with Crippen molar-refractivity contribution < 1.29 is 60.0 Å². The highest BCUT2D eigenvalue weighted by Gasteiger charge is 2.39. The smallest absolute Gasteiger partial charge is 0.333 e. The topological polar surface area (TPSA) is 254 Å². The van der Waals surface area contributed by atoms with E-state index in [4.69, 9.17) is 20.4 Å². The van der Waals surface area contributed by atoms with Crippen molar-refractivity contribution in [1.82, 2.24) is 10.6 Å². The van der Waals surface area contributed by atoms with E-state index < -0.39 is 86.3 Å². The van der Waals surface area contributed by atoms with Crippen LogP contribution >= 0.6 is 0 Å². The maximum absolute atomic E-state index is 11.0. The first kappa shape index (κ1) is 25.6. The van der Waals surface area contributed by atoms with Crippen molar-refractivity contribution in [3.8, 4) is 0 Å². The molecule has 4 unspecified atom stereocenters. The first-order valence-corrected chi connectivity index (χ1v) is 7.90. The largest absolute Gasteiger partial charge is 0.479 e. The van der Waals surface area contributed by atoms with Gasteiger partial charge in [0.1, 0.15) is 0 Å². The maximum Gasteiger partial charge on any atom is 0.333 e. The summed E-state index contributed by atoms with van der Waals surface area (Å²) in [5.41, 5.74) is -1.80. The average molecular weight is 412 g/mol. The van der Waals surface area contributed by atoms with Crippen molar-refractivity contribution in [2.24, 2.45) is 0 Å². The minimum atomic E-state index is -2.07. The molecule has 4 atom stereocenters. The van der Waals surface area contributed by atoms with Gasteiger partial charge in [-0.3, -0.25) is 0 Å². The molecule has 0 rings (SSSR count). The van der Waals surface area contributed by atoms with Crippen molar-refractivity contribution in [2.75, 3.05) is 19.6 Å². The lowest BCUT2D eigenvalue weighted by Gasteiger charge is -2.37. The Morgan fingerprint density at radius 2 is 1.00 bits per heavy atom. The molecule has 0 aliphatic rings. The molecule has 0 fully saturated rings. The molecular formula is C14H24N2O12. The van der Waals surface area contributed by atoms with Gasteiger partial charge < -0.3 is 51.5 Å². The fourth-order valence-electron chi connectivity index (χ4n) is 2.29. The van der Waals surface area contributed by atoms with Crippen LogP contribution in [-0.4, -0.2) is 114 Å². The van der Waals surface area contributed by atoms with Gasteiger partial charge in [-0.05, 0) is 0 Å². The fraction of sp³-hybridized carbons (Fsp3) is 0.714. The third-order valence-corrected chi connectivity index (χ3v) is 3.78. The van der Waals surface area contributed by atoms with E-state index in [2.05, 4.69) is 10.6 Å². The Bertz CT molecular complexity index is 547. The number of rotatable bonds is 15. The molecule has 0 amide bonds. The van der Waals surface area contributed by atoms with Crippen LogP contribution in [0.4, 0.5) is 0 Å². The number of aliphatic hydroxyl groups is 4. The van der Waals surface area contributed by atoms with Crippen LogP contribution < -0.4 is 10.6 Å². The van der Waals surface area contributed by atoms with Crippen LogP contribution in [0.15, 0.2) is 0 Å². The van der Waals surface area contributed by atoms with Crippen LogP contribution in [0.3, 0.4) is 0 Å². The molecular weight excluding hydrogens is 388 g/mol. The zero-order chi connectivity index (χ0) is 22.1. The zero-order valence-corrected chi connectivity index (χ0v) is 14.6. The van der Waals surface area contributed by atoms with Gasteiger partial charge in [0.2, 0.25) is 0 Å². The standard InChI is InChI=1S/C14H24N2O12/c17-6(10(21)22)1-14(2-7(18)11(23)24,16-4-9(20)13(27)28)5-15-3-8(19)12(25)26/h6-9,15-20H,1-5H2,(H,21,22)(H,23,24)(H,25,26)(H,27,28). The van der Waals surface area contributed by atoms with Crippen LogP contribution in [0, 0.1) is 0 Å². The normalized spacial score (nSPS) is 17.7. The molecule has 162 valence electrons. The highest BCUT2D eigenvalue weighted by Crippen LogP contribution is 2.21. The summed E-state index contributed by atoms with van der Waals surface area (Å²) in [6, 6.07) is 0. The van der Waals surface area contributed by atoms with Gasteiger partial charge in [0.25, 0.3) is 0 Å². The van der Waals surface area contributed by atoms with E-state index in [1.54, 1.807) is 0 Å². The molecule has 0 aliphatic carbocycles. The summed E-state index contributed by atoms with van der Waals surface area (Å²) < 4.78 is 0. The third-order valence-electron chi connectivity index (χ3n) is 3.78. The number of β-amino-alcohol motifs (C(OH)–C–C–N with tert-alkyl or cyclic N) is 1. The minimum Gasteiger partial charge on any atom is -0.479 e. The molecule has 0 aromatic carbocycles. The van der Waals surface area contributed by atoms with Crippen LogP contribution in [0.25, 0.3) is 0 Å². The van der Waals surface area contributed by atoms with Gasteiger partial charge in [-0.2, -0.15) is 0 Å². The lowest BCUT2D eigenvalue weighted by Crippen LogP contribution is -2.60. The summed E-state index contributed by atoms with van der Waals surface area (Å²) in [6.45, 7) is -1.76. The molecule has 10 N–H and O–H groups in total. The van der Waals surface area contributed by atoms with E-state index in [1.165, 1.54) is 0 Å². The van der Waals surface area contributed by atoms with E-state index in [9.17, 15) is 39.6 Å². The maximum atomic E-state index is 11.0. The predicted octanol–water partition coefficient (Wildman–Crippen LogP) is -4.53. The van der Waals surface area contributed by atoms with Gasteiger partial charge in [-0.15, -0.1) is 0 Å². The monoisotopic (exact) mass is 412 g/mol. The van der Waals surface area contributed by atoms with Gasteiger partial charge in [0.15, 0.2) is 24.4 Å². The molecule has 0 heterocycles. The Kier molecular flexibility index (Phi) is 10.5. The Morgan fingerprint density at radius 3 is 1.36 bits per heavy atom. The lowest BCUT2D eigenvalue weighted by atomic mass is 9.85. The number of nitrogens with one attached hydrogen (secondary N) is 2. The fourth-order valence-corrected chi connectivity index (χ4v) is 2.29. The molecule has 28 heavy (non-hydrogen) atoms. The minimum absolute atomic E-state index is 0.488. The molecule has 0 aromatic heterocycles. The van der Waals surface area contributed by atoms with Crippen LogP contribution in [0.5, 0.6) is 0 Å². The number of carboxylic acid groups (broad SMARTS) is 4. The van der Waals surface area contributed by atoms with Crippen LogP contribution in [0.2, 0.25) is 0 Å². The summed E-state index contributed by atoms with van der Waals surface area (Å²) in [7, 11) is 0. The van der Waals surface area contributed by atoms with Gasteiger partial charge in [0.05, 0.1) is 0 Å². The second kappa shape index (κ2) is 11.5. The Hall–Kier alpha value is -2.36. The summed E-state index contributed by atoms with van der Waals surface area (Å²) in [5, 5.41) is 78.0. The molecule has 0 aliphatic heterocycles. The zero-order valence-electron chi connectivity index (χ0n) is 14.6. The van der Waals surface area contributed by atoms with Crippen molar-refractivity contribution in [3.63, 3.8) is 0 Å². The van der Waals surface area contributed by atoms with Gasteiger partial charge in [0, 0.05) is 38.0 Å². The van der Waals surface area contributed by atoms with Crippen molar-refractivity contribution in [1.29, 1.82) is 0 Å². The summed E-state index contributed by atoms with van der Waals surface area (Å²) in [4.78, 5) is 43.4. The first-order chi connectivity index (χ1) is 12.8. The second-order valence-corrected chi connectivity index (χ2v) is 6.12. The SMILES string of the molecule is O=C(O)C(O)CNCC(CC(O)C(=O)O)(CC(O)C(=O)O)NCC(O)C(=O)O. The summed E-state index contributed by atoms with van der Waals surface area (Å²) in [6.07, 6.45) is -9.46. The Labute approximate surface area is 158 Å². The van der Waals surface area contributed by atoms with Gasteiger partial charge >= 0.3 is 23.9 Å². The van der Waals surface area contributed by atoms with E-state index >= 15 is 0 Å². The molecule has 0 saturated heterocycles. The number of aliphatic hydroxyl groups excluding tert-OH is 4. The summed E-state index contributed by atoms with van der Waals surface area (Å²) >= 11 is 0. The number of hydrogen-bond donors (Lipinski definition) is 10. The predicted molar refractivity (Wildman–Crippen MR) is 87.4 cm³/mol.